The van der Waals surface area contributed by atoms with Gasteiger partial charge in [-0.25, -0.2) is 9.78 Å². The monoisotopic (exact) mass is 330 g/mol. The Bertz CT molecular complexity index is 711. The number of carboxylic acid groups (broad SMARTS) is 1. The highest BCUT2D eigenvalue weighted by atomic mass is 16.4. The molecular formula is C18H22N2O4. The smallest absolute Gasteiger partial charge is 0.329 e. The molecule has 1 aromatic carbocycles. The van der Waals surface area contributed by atoms with Crippen molar-refractivity contribution in [1.82, 2.24) is 10.3 Å². The van der Waals surface area contributed by atoms with Crippen molar-refractivity contribution in [3.05, 3.63) is 30.2 Å². The highest BCUT2D eigenvalue weighted by Crippen LogP contribution is 2.32. The van der Waals surface area contributed by atoms with E-state index in [0.717, 1.165) is 18.4 Å². The van der Waals surface area contributed by atoms with E-state index in [1.54, 1.807) is 0 Å². The van der Waals surface area contributed by atoms with Crippen molar-refractivity contribution in [2.75, 3.05) is 0 Å². The molecular weight excluding hydrogens is 308 g/mol. The molecule has 6 nitrogen and oxygen atoms in total. The van der Waals surface area contributed by atoms with Crippen LogP contribution in [0.3, 0.4) is 0 Å². The second kappa shape index (κ2) is 6.63. The molecule has 1 fully saturated rings. The number of nitrogens with zero attached hydrogens (tertiary/aromatic N) is 1. The minimum Gasteiger partial charge on any atom is -0.480 e. The zero-order valence-corrected chi connectivity index (χ0v) is 13.7. The molecule has 0 saturated heterocycles. The van der Waals surface area contributed by atoms with E-state index in [0.29, 0.717) is 36.7 Å². The lowest BCUT2D eigenvalue weighted by Gasteiger charge is -2.36. The van der Waals surface area contributed by atoms with E-state index in [-0.39, 0.29) is 12.3 Å². The van der Waals surface area contributed by atoms with Crippen molar-refractivity contribution in [2.24, 2.45) is 5.92 Å². The molecule has 0 aliphatic heterocycles. The first-order valence-electron chi connectivity index (χ1n) is 8.37. The van der Waals surface area contributed by atoms with Gasteiger partial charge in [0.1, 0.15) is 11.1 Å². The fourth-order valence-corrected chi connectivity index (χ4v) is 3.22. The average molecular weight is 330 g/mol. The maximum absolute atomic E-state index is 12.2. The first-order valence-corrected chi connectivity index (χ1v) is 8.37. The minimum absolute atomic E-state index is 0.164. The number of amides is 1. The van der Waals surface area contributed by atoms with Gasteiger partial charge in [0, 0.05) is 12.8 Å². The van der Waals surface area contributed by atoms with Gasteiger partial charge in [0.05, 0.1) is 0 Å². The van der Waals surface area contributed by atoms with Gasteiger partial charge in [-0.05, 0) is 43.7 Å². The van der Waals surface area contributed by atoms with Crippen LogP contribution in [0.1, 0.15) is 44.9 Å². The Labute approximate surface area is 140 Å². The topological polar surface area (TPSA) is 92.4 Å². The van der Waals surface area contributed by atoms with Crippen molar-refractivity contribution in [1.29, 1.82) is 0 Å². The molecule has 6 heteroatoms. The standard InChI is InChI=1S/C18H22N2O4/c1-12-8-10-18(11-9-12,17(22)23)20-15(21)6-7-16-19-13-4-2-3-5-14(13)24-16/h2-5,12H,6-11H2,1H3,(H,20,21)(H,22,23). The van der Waals surface area contributed by atoms with E-state index >= 15 is 0 Å². The molecule has 1 aliphatic rings. The summed E-state index contributed by atoms with van der Waals surface area (Å²) in [6, 6.07) is 7.42. The summed E-state index contributed by atoms with van der Waals surface area (Å²) in [5, 5.41) is 12.3. The lowest BCUT2D eigenvalue weighted by molar-refractivity contribution is -0.149. The lowest BCUT2D eigenvalue weighted by atomic mass is 9.77. The van der Waals surface area contributed by atoms with Crippen molar-refractivity contribution in [3.63, 3.8) is 0 Å². The summed E-state index contributed by atoms with van der Waals surface area (Å²) in [5.41, 5.74) is 0.331. The molecule has 128 valence electrons. The number of carbonyl (C=O) groups excluding carboxylic acids is 1. The Morgan fingerprint density at radius 3 is 2.71 bits per heavy atom. The zero-order chi connectivity index (χ0) is 17.2. The molecule has 0 unspecified atom stereocenters. The molecule has 0 spiro atoms. The summed E-state index contributed by atoms with van der Waals surface area (Å²) in [4.78, 5) is 28.2. The number of rotatable bonds is 5. The number of carbonyl (C=O) groups is 2. The van der Waals surface area contributed by atoms with Crippen LogP contribution in [0, 0.1) is 5.92 Å². The van der Waals surface area contributed by atoms with Crippen LogP contribution in [0.5, 0.6) is 0 Å². The second-order valence-corrected chi connectivity index (χ2v) is 6.69. The number of hydrogen-bond acceptors (Lipinski definition) is 4. The van der Waals surface area contributed by atoms with Gasteiger partial charge in [0.15, 0.2) is 11.5 Å². The van der Waals surface area contributed by atoms with Crippen LogP contribution >= 0.6 is 0 Å². The quantitative estimate of drug-likeness (QED) is 0.879. The van der Waals surface area contributed by atoms with E-state index in [2.05, 4.69) is 17.2 Å². The molecule has 1 amide bonds. The highest BCUT2D eigenvalue weighted by Gasteiger charge is 2.42. The third-order valence-electron chi connectivity index (χ3n) is 4.82. The van der Waals surface area contributed by atoms with Crippen LogP contribution in [0.25, 0.3) is 11.1 Å². The van der Waals surface area contributed by atoms with Gasteiger partial charge in [-0.15, -0.1) is 0 Å². The van der Waals surface area contributed by atoms with Crippen LogP contribution < -0.4 is 5.32 Å². The van der Waals surface area contributed by atoms with Crippen LogP contribution in [0.4, 0.5) is 0 Å². The number of hydrogen-bond donors (Lipinski definition) is 2. The Balaban J connectivity index is 1.60. The first-order chi connectivity index (χ1) is 11.5. The van der Waals surface area contributed by atoms with Crippen LogP contribution in [-0.4, -0.2) is 27.5 Å². The van der Waals surface area contributed by atoms with Gasteiger partial charge in [0.2, 0.25) is 5.91 Å². The third kappa shape index (κ3) is 3.42. The molecule has 1 aliphatic carbocycles. The van der Waals surface area contributed by atoms with Crippen molar-refractivity contribution < 1.29 is 19.1 Å². The Morgan fingerprint density at radius 2 is 2.04 bits per heavy atom. The molecule has 2 N–H and O–H groups in total. The number of aryl methyl sites for hydroxylation is 1. The summed E-state index contributed by atoms with van der Waals surface area (Å²) in [6.07, 6.45) is 3.12. The average Bonchev–Trinajstić information content (AvgIpc) is 2.98. The van der Waals surface area contributed by atoms with Crippen LogP contribution in [0.2, 0.25) is 0 Å². The van der Waals surface area contributed by atoms with E-state index in [1.165, 1.54) is 0 Å². The maximum atomic E-state index is 12.2. The van der Waals surface area contributed by atoms with E-state index in [9.17, 15) is 14.7 Å². The van der Waals surface area contributed by atoms with Crippen LogP contribution in [-0.2, 0) is 16.0 Å². The van der Waals surface area contributed by atoms with E-state index in [1.807, 2.05) is 24.3 Å². The molecule has 2 aromatic rings. The number of fused-ring (bicyclic) bond motifs is 1. The number of oxazole rings is 1. The number of carboxylic acids is 1. The van der Waals surface area contributed by atoms with Gasteiger partial charge in [-0.3, -0.25) is 4.79 Å². The van der Waals surface area contributed by atoms with E-state index in [4.69, 9.17) is 4.42 Å². The van der Waals surface area contributed by atoms with Gasteiger partial charge in [-0.1, -0.05) is 19.1 Å². The fourth-order valence-electron chi connectivity index (χ4n) is 3.22. The molecule has 0 radical (unpaired) electrons. The Hall–Kier alpha value is -2.37. The zero-order valence-electron chi connectivity index (χ0n) is 13.7. The highest BCUT2D eigenvalue weighted by molar-refractivity contribution is 5.87. The first kappa shape index (κ1) is 16.5. The molecule has 0 bridgehead atoms. The Kier molecular flexibility index (Phi) is 4.55. The van der Waals surface area contributed by atoms with Crippen molar-refractivity contribution in [3.8, 4) is 0 Å². The number of benzene rings is 1. The summed E-state index contributed by atoms with van der Waals surface area (Å²) in [6.45, 7) is 2.11. The molecule has 3 rings (SSSR count). The van der Waals surface area contributed by atoms with Gasteiger partial charge >= 0.3 is 5.97 Å². The number of para-hydroxylation sites is 2. The number of aromatic nitrogens is 1. The van der Waals surface area contributed by atoms with Gasteiger partial charge in [-0.2, -0.15) is 0 Å². The minimum atomic E-state index is -1.12. The van der Waals surface area contributed by atoms with Crippen molar-refractivity contribution >= 4 is 23.0 Å². The predicted octanol–water partition coefficient (Wildman–Crippen LogP) is 2.91. The van der Waals surface area contributed by atoms with Gasteiger partial charge in [0.25, 0.3) is 0 Å². The lowest BCUT2D eigenvalue weighted by Crippen LogP contribution is -2.56. The van der Waals surface area contributed by atoms with E-state index < -0.39 is 11.5 Å². The molecule has 1 saturated carbocycles. The number of nitrogens with one attached hydrogen (secondary N) is 1. The van der Waals surface area contributed by atoms with Crippen molar-refractivity contribution in [2.45, 2.75) is 51.0 Å². The summed E-state index contributed by atoms with van der Waals surface area (Å²) in [5.74, 6) is -0.207. The summed E-state index contributed by atoms with van der Waals surface area (Å²) < 4.78 is 5.59. The largest absolute Gasteiger partial charge is 0.480 e. The maximum Gasteiger partial charge on any atom is 0.329 e. The Morgan fingerprint density at radius 1 is 1.33 bits per heavy atom. The predicted molar refractivity (Wildman–Crippen MR) is 88.5 cm³/mol. The molecule has 1 aromatic heterocycles. The van der Waals surface area contributed by atoms with Gasteiger partial charge < -0.3 is 14.8 Å². The van der Waals surface area contributed by atoms with Crippen LogP contribution in [0.15, 0.2) is 28.7 Å². The number of aliphatic carboxylic acids is 1. The molecule has 1 heterocycles. The molecule has 0 atom stereocenters. The third-order valence-corrected chi connectivity index (χ3v) is 4.82. The summed E-state index contributed by atoms with van der Waals surface area (Å²) in [7, 11) is 0. The second-order valence-electron chi connectivity index (χ2n) is 6.69. The molecule has 24 heavy (non-hydrogen) atoms. The normalized spacial score (nSPS) is 24.0. The fraction of sp³-hybridized carbons (Fsp3) is 0.500. The summed E-state index contributed by atoms with van der Waals surface area (Å²) >= 11 is 0. The SMILES string of the molecule is CC1CCC(NC(=O)CCc2nc3ccccc3o2)(C(=O)O)CC1.